The highest BCUT2D eigenvalue weighted by atomic mass is 35.5. The van der Waals surface area contributed by atoms with E-state index >= 15 is 0 Å². The molecule has 3 aromatic rings. The lowest BCUT2D eigenvalue weighted by Gasteiger charge is -2.20. The minimum Gasteiger partial charge on any atom is -0.494 e. The minimum absolute atomic E-state index is 0.0941. The van der Waals surface area contributed by atoms with E-state index in [9.17, 15) is 4.79 Å². The molecule has 0 bridgehead atoms. The largest absolute Gasteiger partial charge is 0.494 e. The number of rotatable bonds is 9. The molecular formula is C23H24ClN3O3. The number of amides is 1. The van der Waals surface area contributed by atoms with Crippen LogP contribution in [0.5, 0.6) is 5.75 Å². The Morgan fingerprint density at radius 2 is 2.00 bits per heavy atom. The molecular weight excluding hydrogens is 402 g/mol. The van der Waals surface area contributed by atoms with Crippen molar-refractivity contribution >= 4 is 17.5 Å². The lowest BCUT2D eigenvalue weighted by atomic mass is 10.2. The van der Waals surface area contributed by atoms with Crippen LogP contribution in [-0.2, 0) is 11.3 Å². The zero-order valence-electron chi connectivity index (χ0n) is 16.9. The van der Waals surface area contributed by atoms with Gasteiger partial charge in [-0.1, -0.05) is 23.7 Å². The highest BCUT2D eigenvalue weighted by Gasteiger charge is 2.33. The van der Waals surface area contributed by atoms with Gasteiger partial charge in [-0.2, -0.15) is 0 Å². The summed E-state index contributed by atoms with van der Waals surface area (Å²) < 4.78 is 11.5. The Hall–Kier alpha value is -2.86. The molecule has 0 aliphatic heterocycles. The van der Waals surface area contributed by atoms with Crippen molar-refractivity contribution in [1.82, 2.24) is 15.1 Å². The van der Waals surface area contributed by atoms with E-state index < -0.39 is 0 Å². The van der Waals surface area contributed by atoms with Gasteiger partial charge in [0.15, 0.2) is 0 Å². The van der Waals surface area contributed by atoms with Gasteiger partial charge >= 0.3 is 0 Å². The molecule has 0 N–H and O–H groups in total. The predicted octanol–water partition coefficient (Wildman–Crippen LogP) is 5.05. The Labute approximate surface area is 180 Å². The molecule has 1 aliphatic rings. The predicted molar refractivity (Wildman–Crippen MR) is 114 cm³/mol. The number of hydrogen-bond acceptors (Lipinski definition) is 5. The molecule has 7 heteroatoms. The van der Waals surface area contributed by atoms with Gasteiger partial charge in [0.1, 0.15) is 5.75 Å². The maximum absolute atomic E-state index is 12.8. The van der Waals surface area contributed by atoms with Crippen molar-refractivity contribution < 1.29 is 13.9 Å². The second kappa shape index (κ2) is 9.30. The summed E-state index contributed by atoms with van der Waals surface area (Å²) in [4.78, 5) is 14.6. The van der Waals surface area contributed by atoms with Crippen molar-refractivity contribution in [3.8, 4) is 17.2 Å². The molecule has 0 spiro atoms. The van der Waals surface area contributed by atoms with Crippen molar-refractivity contribution in [2.75, 3.05) is 6.61 Å². The molecule has 4 rings (SSSR count). The van der Waals surface area contributed by atoms with Crippen LogP contribution < -0.4 is 4.74 Å². The molecule has 1 amide bonds. The second-order valence-electron chi connectivity index (χ2n) is 7.53. The van der Waals surface area contributed by atoms with E-state index in [0.717, 1.165) is 29.7 Å². The Morgan fingerprint density at radius 3 is 2.73 bits per heavy atom. The number of aryl methyl sites for hydroxylation is 1. The molecule has 6 nitrogen and oxygen atoms in total. The molecule has 0 saturated heterocycles. The first-order valence-electron chi connectivity index (χ1n) is 10.2. The monoisotopic (exact) mass is 425 g/mol. The highest BCUT2D eigenvalue weighted by molar-refractivity contribution is 6.30. The van der Waals surface area contributed by atoms with Crippen LogP contribution in [0.4, 0.5) is 0 Å². The number of nitrogens with zero attached hydrogens (tertiary/aromatic N) is 3. The summed E-state index contributed by atoms with van der Waals surface area (Å²) in [7, 11) is 0. The van der Waals surface area contributed by atoms with Gasteiger partial charge in [-0.05, 0) is 68.1 Å². The molecule has 0 radical (unpaired) electrons. The van der Waals surface area contributed by atoms with Crippen molar-refractivity contribution in [3.05, 3.63) is 65.0 Å². The fraction of sp³-hybridized carbons (Fsp3) is 0.348. The zero-order valence-corrected chi connectivity index (χ0v) is 17.6. The van der Waals surface area contributed by atoms with Crippen LogP contribution in [0.1, 0.15) is 37.1 Å². The van der Waals surface area contributed by atoms with Crippen LogP contribution in [0.25, 0.3) is 11.5 Å². The molecule has 0 atom stereocenters. The van der Waals surface area contributed by atoms with Crippen molar-refractivity contribution in [2.24, 2.45) is 0 Å². The SMILES string of the molecule is Cc1cccc(OCCCC(=O)N(Cc2nnc(-c3ccc(Cl)cc3)o2)C2CC2)c1. The first-order chi connectivity index (χ1) is 14.6. The summed E-state index contributed by atoms with van der Waals surface area (Å²) in [5.41, 5.74) is 1.96. The average molecular weight is 426 g/mol. The molecule has 1 aromatic heterocycles. The fourth-order valence-corrected chi connectivity index (χ4v) is 3.37. The number of halogens is 1. The molecule has 1 aliphatic carbocycles. The number of ether oxygens (including phenoxy) is 1. The van der Waals surface area contributed by atoms with Gasteiger partial charge < -0.3 is 14.1 Å². The van der Waals surface area contributed by atoms with Crippen molar-refractivity contribution in [1.29, 1.82) is 0 Å². The standard InChI is InChI=1S/C23H24ClN3O3/c1-16-4-2-5-20(14-16)29-13-3-6-22(28)27(19-11-12-19)15-21-25-26-23(30-21)17-7-9-18(24)10-8-17/h2,4-5,7-10,14,19H,3,6,11-13,15H2,1H3. The van der Waals surface area contributed by atoms with Crippen molar-refractivity contribution in [3.63, 3.8) is 0 Å². The van der Waals surface area contributed by atoms with E-state index in [0.29, 0.717) is 42.8 Å². The minimum atomic E-state index is 0.0941. The molecule has 2 aromatic carbocycles. The highest BCUT2D eigenvalue weighted by Crippen LogP contribution is 2.29. The maximum atomic E-state index is 12.8. The van der Waals surface area contributed by atoms with E-state index in [-0.39, 0.29) is 11.9 Å². The van der Waals surface area contributed by atoms with E-state index in [1.807, 2.05) is 48.2 Å². The summed E-state index contributed by atoms with van der Waals surface area (Å²) in [5.74, 6) is 1.80. The quantitative estimate of drug-likeness (QED) is 0.449. The Bertz CT molecular complexity index is 999. The van der Waals surface area contributed by atoms with Gasteiger partial charge in [0.25, 0.3) is 0 Å². The number of carbonyl (C=O) groups excluding carboxylic acids is 1. The molecule has 0 unspecified atom stereocenters. The van der Waals surface area contributed by atoms with Crippen LogP contribution in [0.3, 0.4) is 0 Å². The smallest absolute Gasteiger partial charge is 0.247 e. The summed E-state index contributed by atoms with van der Waals surface area (Å²) in [6, 6.07) is 15.4. The molecule has 1 saturated carbocycles. The Morgan fingerprint density at radius 1 is 1.20 bits per heavy atom. The molecule has 30 heavy (non-hydrogen) atoms. The first kappa shape index (κ1) is 20.4. The van der Waals surface area contributed by atoms with E-state index in [2.05, 4.69) is 10.2 Å². The second-order valence-corrected chi connectivity index (χ2v) is 7.97. The number of aromatic nitrogens is 2. The fourth-order valence-electron chi connectivity index (χ4n) is 3.24. The van der Waals surface area contributed by atoms with Gasteiger partial charge in [-0.25, -0.2) is 0 Å². The zero-order chi connectivity index (χ0) is 20.9. The number of carbonyl (C=O) groups is 1. The van der Waals surface area contributed by atoms with Crippen LogP contribution in [0.15, 0.2) is 52.9 Å². The van der Waals surface area contributed by atoms with E-state index in [1.165, 1.54) is 0 Å². The molecule has 1 fully saturated rings. The summed E-state index contributed by atoms with van der Waals surface area (Å²) >= 11 is 5.92. The van der Waals surface area contributed by atoms with Crippen molar-refractivity contribution in [2.45, 2.75) is 45.2 Å². The Balaban J connectivity index is 1.30. The van der Waals surface area contributed by atoms with Crippen LogP contribution in [0, 0.1) is 6.92 Å². The van der Waals surface area contributed by atoms with Gasteiger partial charge in [-0.15, -0.1) is 10.2 Å². The Kier molecular flexibility index (Phi) is 6.33. The van der Waals surface area contributed by atoms with Crippen LogP contribution in [-0.4, -0.2) is 33.7 Å². The number of hydrogen-bond donors (Lipinski definition) is 0. The third kappa shape index (κ3) is 5.39. The topological polar surface area (TPSA) is 68.5 Å². The maximum Gasteiger partial charge on any atom is 0.247 e. The van der Waals surface area contributed by atoms with Gasteiger partial charge in [0.05, 0.1) is 13.2 Å². The number of benzene rings is 2. The van der Waals surface area contributed by atoms with E-state index in [1.54, 1.807) is 12.1 Å². The summed E-state index contributed by atoms with van der Waals surface area (Å²) in [6.45, 7) is 2.87. The summed E-state index contributed by atoms with van der Waals surface area (Å²) in [5, 5.41) is 8.88. The van der Waals surface area contributed by atoms with Gasteiger partial charge in [0, 0.05) is 23.0 Å². The summed E-state index contributed by atoms with van der Waals surface area (Å²) in [6.07, 6.45) is 3.13. The van der Waals surface area contributed by atoms with E-state index in [4.69, 9.17) is 20.8 Å². The molecule has 156 valence electrons. The lowest BCUT2D eigenvalue weighted by Crippen LogP contribution is -2.32. The van der Waals surface area contributed by atoms with Crippen LogP contribution in [0.2, 0.25) is 5.02 Å². The van der Waals surface area contributed by atoms with Gasteiger partial charge in [-0.3, -0.25) is 4.79 Å². The molecule has 1 heterocycles. The average Bonchev–Trinajstić information content (AvgIpc) is 3.47. The van der Waals surface area contributed by atoms with Gasteiger partial charge in [0.2, 0.25) is 17.7 Å². The third-order valence-electron chi connectivity index (χ3n) is 4.96. The normalized spacial score (nSPS) is 13.3. The first-order valence-corrected chi connectivity index (χ1v) is 10.5. The van der Waals surface area contributed by atoms with Crippen LogP contribution >= 0.6 is 11.6 Å². The third-order valence-corrected chi connectivity index (χ3v) is 5.22. The lowest BCUT2D eigenvalue weighted by molar-refractivity contribution is -0.133.